The van der Waals surface area contributed by atoms with E-state index in [-0.39, 0.29) is 5.41 Å². The first-order valence-corrected chi connectivity index (χ1v) is 36.5. The number of fused-ring (bicyclic) bond motifs is 12. The summed E-state index contributed by atoms with van der Waals surface area (Å²) in [4.78, 5) is 4.86. The maximum absolute atomic E-state index is 2.48. The number of hydrogen-bond donors (Lipinski definition) is 0. The Labute approximate surface area is 611 Å². The molecule has 19 aromatic carbocycles. The fraction of sp³-hybridized carbons (Fsp3) is 0.0291. The fourth-order valence-corrected chi connectivity index (χ4v) is 17.1. The highest BCUT2D eigenvalue weighted by atomic mass is 15.1. The molecule has 0 spiro atoms. The van der Waals surface area contributed by atoms with Crippen LogP contribution in [0, 0.1) is 0 Å². The number of benzene rings is 19. The third-order valence-electron chi connectivity index (χ3n) is 22.4. The van der Waals surface area contributed by atoms with E-state index in [0.29, 0.717) is 0 Å². The van der Waals surface area contributed by atoms with Crippen LogP contribution in [0.25, 0.3) is 153 Å². The molecule has 0 N–H and O–H groups in total. The molecule has 0 aliphatic heterocycles. The summed E-state index contributed by atoms with van der Waals surface area (Å²) in [6.45, 7) is 4.82. The Morgan fingerprint density at radius 1 is 0.162 bits per heavy atom. The van der Waals surface area contributed by atoms with Crippen LogP contribution < -0.4 is 9.80 Å². The highest BCUT2D eigenvalue weighted by Gasteiger charge is 2.37. The van der Waals surface area contributed by atoms with Crippen molar-refractivity contribution in [3.63, 3.8) is 0 Å². The van der Waals surface area contributed by atoms with Crippen molar-refractivity contribution >= 4 is 110 Å². The summed E-state index contributed by atoms with van der Waals surface area (Å²) in [6.07, 6.45) is 0. The Morgan fingerprint density at radius 3 is 0.962 bits per heavy atom. The number of anilines is 6. The van der Waals surface area contributed by atoms with Crippen LogP contribution in [0.2, 0.25) is 0 Å². The summed E-state index contributed by atoms with van der Waals surface area (Å²) in [6, 6.07) is 144. The van der Waals surface area contributed by atoms with Crippen LogP contribution in [-0.2, 0) is 5.41 Å². The lowest BCUT2D eigenvalue weighted by Crippen LogP contribution is -2.16. The minimum atomic E-state index is -0.316. The Bertz CT molecular complexity index is 6670. The summed E-state index contributed by atoms with van der Waals surface area (Å²) in [5, 5.41) is 17.5. The van der Waals surface area contributed by atoms with E-state index in [1.165, 1.54) is 159 Å². The first-order valence-electron chi connectivity index (χ1n) is 36.5. The smallest absolute Gasteiger partial charge is 0.0467 e. The maximum Gasteiger partial charge on any atom is 0.0467 e. The second-order valence-corrected chi connectivity index (χ2v) is 28.7. The van der Waals surface area contributed by atoms with Crippen molar-refractivity contribution in [2.45, 2.75) is 19.3 Å². The molecule has 105 heavy (non-hydrogen) atoms. The molecular formula is C103H70N2. The van der Waals surface area contributed by atoms with Gasteiger partial charge in [-0.2, -0.15) is 0 Å². The zero-order chi connectivity index (χ0) is 69.7. The summed E-state index contributed by atoms with van der Waals surface area (Å²) in [5.74, 6) is 0. The Balaban J connectivity index is 0.642. The number of rotatable bonds is 12. The molecule has 0 saturated heterocycles. The van der Waals surface area contributed by atoms with Crippen LogP contribution in [-0.4, -0.2) is 0 Å². The van der Waals surface area contributed by atoms with Crippen molar-refractivity contribution in [3.8, 4) is 77.9 Å². The lowest BCUT2D eigenvalue weighted by atomic mass is 9.81. The molecule has 2 heteroatoms. The fourth-order valence-electron chi connectivity index (χ4n) is 17.1. The molecule has 1 aliphatic rings. The minimum Gasteiger partial charge on any atom is -0.310 e. The molecule has 1 aliphatic carbocycles. The third kappa shape index (κ3) is 10.6. The zero-order valence-electron chi connectivity index (χ0n) is 58.3. The molecule has 0 atom stereocenters. The molecular weight excluding hydrogens is 1270 g/mol. The van der Waals surface area contributed by atoms with Crippen molar-refractivity contribution < 1.29 is 0 Å². The van der Waals surface area contributed by atoms with Gasteiger partial charge in [-0.15, -0.1) is 0 Å². The van der Waals surface area contributed by atoms with Gasteiger partial charge in [-0.05, 0) is 255 Å². The van der Waals surface area contributed by atoms with Crippen LogP contribution in [0.5, 0.6) is 0 Å². The van der Waals surface area contributed by atoms with E-state index in [1.54, 1.807) is 0 Å². The Morgan fingerprint density at radius 2 is 0.467 bits per heavy atom. The molecule has 0 unspecified atom stereocenters. The topological polar surface area (TPSA) is 6.48 Å². The molecule has 0 fully saturated rings. The van der Waals surface area contributed by atoms with Crippen LogP contribution in [0.3, 0.4) is 0 Å². The van der Waals surface area contributed by atoms with E-state index < -0.39 is 0 Å². The SMILES string of the molecule is CC1(C)c2cc(-c3ccc(-c4cccc(N(c5ccc(-c6ccc7c(ccc8ccccc87)c6)cc5)c5ccc(-c6cccc7ccccc67)cc5)c4)c4ccccc34)ccc2-c2ccc(N(c3ccc(-c4ccc5c(ccc6ccccc65)c4)cc3)c3cccc(-c4cccc5ccccc45)c3)cc21. The van der Waals surface area contributed by atoms with Crippen molar-refractivity contribution in [3.05, 3.63) is 399 Å². The van der Waals surface area contributed by atoms with Crippen molar-refractivity contribution in [1.82, 2.24) is 0 Å². The summed E-state index contributed by atoms with van der Waals surface area (Å²) in [5.41, 5.74) is 25.7. The average Bonchev–Trinajstić information content (AvgIpc) is 1.08. The predicted molar refractivity (Wildman–Crippen MR) is 449 cm³/mol. The lowest BCUT2D eigenvalue weighted by molar-refractivity contribution is 0.660. The van der Waals surface area contributed by atoms with E-state index in [2.05, 4.69) is 412 Å². The highest BCUT2D eigenvalue weighted by Crippen LogP contribution is 2.53. The first-order chi connectivity index (χ1) is 51.8. The summed E-state index contributed by atoms with van der Waals surface area (Å²) < 4.78 is 0. The monoisotopic (exact) mass is 1330 g/mol. The average molecular weight is 1340 g/mol. The molecule has 0 amide bonds. The van der Waals surface area contributed by atoms with Gasteiger partial charge >= 0.3 is 0 Å². The minimum absolute atomic E-state index is 0.316. The molecule has 492 valence electrons. The normalized spacial score (nSPS) is 12.4. The van der Waals surface area contributed by atoms with Gasteiger partial charge in [-0.1, -0.05) is 311 Å². The van der Waals surface area contributed by atoms with Crippen molar-refractivity contribution in [2.75, 3.05) is 9.80 Å². The maximum atomic E-state index is 2.48. The molecule has 0 aromatic heterocycles. The van der Waals surface area contributed by atoms with E-state index in [4.69, 9.17) is 0 Å². The van der Waals surface area contributed by atoms with Gasteiger partial charge in [0.1, 0.15) is 0 Å². The van der Waals surface area contributed by atoms with Gasteiger partial charge < -0.3 is 9.80 Å². The molecule has 0 saturated carbocycles. The predicted octanol–water partition coefficient (Wildman–Crippen LogP) is 29.0. The van der Waals surface area contributed by atoms with Crippen LogP contribution >= 0.6 is 0 Å². The van der Waals surface area contributed by atoms with E-state index >= 15 is 0 Å². The van der Waals surface area contributed by atoms with Crippen LogP contribution in [0.1, 0.15) is 25.0 Å². The third-order valence-corrected chi connectivity index (χ3v) is 22.4. The molecule has 19 aromatic rings. The van der Waals surface area contributed by atoms with Crippen LogP contribution in [0.4, 0.5) is 34.1 Å². The second kappa shape index (κ2) is 25.0. The molecule has 0 radical (unpaired) electrons. The van der Waals surface area contributed by atoms with Gasteiger partial charge in [-0.25, -0.2) is 0 Å². The van der Waals surface area contributed by atoms with Crippen molar-refractivity contribution in [2.24, 2.45) is 0 Å². The number of nitrogens with zero attached hydrogens (tertiary/aromatic N) is 2. The van der Waals surface area contributed by atoms with Gasteiger partial charge in [0.25, 0.3) is 0 Å². The second-order valence-electron chi connectivity index (χ2n) is 28.7. The Hall–Kier alpha value is -13.4. The quantitative estimate of drug-likeness (QED) is 0.113. The van der Waals surface area contributed by atoms with Gasteiger partial charge in [0.05, 0.1) is 0 Å². The van der Waals surface area contributed by atoms with Gasteiger partial charge in [0, 0.05) is 39.5 Å². The van der Waals surface area contributed by atoms with Gasteiger partial charge in [0.2, 0.25) is 0 Å². The highest BCUT2D eigenvalue weighted by molar-refractivity contribution is 6.11. The number of hydrogen-bond acceptors (Lipinski definition) is 2. The van der Waals surface area contributed by atoms with E-state index in [0.717, 1.165) is 39.7 Å². The summed E-state index contributed by atoms with van der Waals surface area (Å²) >= 11 is 0. The first kappa shape index (κ1) is 61.5. The van der Waals surface area contributed by atoms with Crippen molar-refractivity contribution in [1.29, 1.82) is 0 Å². The van der Waals surface area contributed by atoms with E-state index in [9.17, 15) is 0 Å². The Kier molecular flexibility index (Phi) is 14.6. The van der Waals surface area contributed by atoms with Crippen LogP contribution in [0.15, 0.2) is 388 Å². The zero-order valence-corrected chi connectivity index (χ0v) is 58.3. The van der Waals surface area contributed by atoms with Gasteiger partial charge in [0.15, 0.2) is 0 Å². The molecule has 0 bridgehead atoms. The molecule has 2 nitrogen and oxygen atoms in total. The summed E-state index contributed by atoms with van der Waals surface area (Å²) in [7, 11) is 0. The molecule has 20 rings (SSSR count). The standard InChI is InChI=1S/C103H70N2/c1-103(2)101-65-80(47-57-99(101)100-58-54-86(66-102(100)103)105(85-26-13-23-76(63-85)92-34-16-22-70-18-4-8-28-88(70)92)83-50-41-68(42-51-83)75-46-56-94-79(62-75)38-36-72-20-6-10-30-90(72)94)96-60-59-95(97-31-11-12-32-98(96)97)77-24-14-25-84(64-77)104(82-52-43-73(44-53-82)91-33-15-21-69-17-3-7-27-87(69)91)81-48-39-67(40-49-81)74-45-55-93-78(61-74)37-35-71-19-5-9-29-89(71)93/h3-66H,1-2H3. The lowest BCUT2D eigenvalue weighted by Gasteiger charge is -2.29. The largest absolute Gasteiger partial charge is 0.310 e. The molecule has 0 heterocycles. The van der Waals surface area contributed by atoms with Gasteiger partial charge in [-0.3, -0.25) is 0 Å². The van der Waals surface area contributed by atoms with E-state index in [1.807, 2.05) is 0 Å².